The van der Waals surface area contributed by atoms with Crippen LogP contribution in [0.4, 0.5) is 0 Å². The minimum Gasteiger partial charge on any atom is -0.497 e. The standard InChI is InChI=1S/C15H16N4O3/c1-3-19-14(20)12-13(17-15(19)21)18(9-16-12)8-10-5-4-6-11(7-10)22-2/h4-7,9H,3,8H2,1-2H3,(H,17,21). The summed E-state index contributed by atoms with van der Waals surface area (Å²) in [5.41, 5.74) is 0.893. The van der Waals surface area contributed by atoms with Gasteiger partial charge in [0.1, 0.15) is 11.4 Å². The van der Waals surface area contributed by atoms with Gasteiger partial charge in [0.15, 0.2) is 5.52 Å². The minimum atomic E-state index is -0.424. The van der Waals surface area contributed by atoms with Crippen LogP contribution in [0.25, 0.3) is 11.2 Å². The zero-order valence-electron chi connectivity index (χ0n) is 12.4. The van der Waals surface area contributed by atoms with Gasteiger partial charge in [-0.2, -0.15) is 0 Å². The van der Waals surface area contributed by atoms with Crippen molar-refractivity contribution in [2.75, 3.05) is 7.11 Å². The first kappa shape index (κ1) is 14.1. The van der Waals surface area contributed by atoms with Gasteiger partial charge in [-0.15, -0.1) is 0 Å². The van der Waals surface area contributed by atoms with Crippen molar-refractivity contribution in [3.05, 3.63) is 57.0 Å². The molecule has 0 saturated carbocycles. The molecule has 7 nitrogen and oxygen atoms in total. The fourth-order valence-corrected chi connectivity index (χ4v) is 2.43. The van der Waals surface area contributed by atoms with Gasteiger partial charge >= 0.3 is 5.69 Å². The highest BCUT2D eigenvalue weighted by Gasteiger charge is 2.12. The molecule has 0 amide bonds. The summed E-state index contributed by atoms with van der Waals surface area (Å²) in [5, 5.41) is 0. The number of hydrogen-bond acceptors (Lipinski definition) is 4. The maximum Gasteiger partial charge on any atom is 0.330 e. The first-order valence-electron chi connectivity index (χ1n) is 6.95. The van der Waals surface area contributed by atoms with Crippen LogP contribution in [0.2, 0.25) is 0 Å². The molecule has 0 unspecified atom stereocenters. The first-order chi connectivity index (χ1) is 10.6. The molecule has 0 aliphatic heterocycles. The van der Waals surface area contributed by atoms with E-state index in [-0.39, 0.29) is 11.1 Å². The fourth-order valence-electron chi connectivity index (χ4n) is 2.43. The van der Waals surface area contributed by atoms with Crippen molar-refractivity contribution in [1.82, 2.24) is 19.1 Å². The van der Waals surface area contributed by atoms with Crippen LogP contribution in [0, 0.1) is 0 Å². The van der Waals surface area contributed by atoms with Gasteiger partial charge in [0.25, 0.3) is 5.56 Å². The predicted octanol–water partition coefficient (Wildman–Crippen LogP) is 0.963. The molecule has 0 saturated heterocycles. The number of imidazole rings is 1. The summed E-state index contributed by atoms with van der Waals surface area (Å²) in [6.07, 6.45) is 1.56. The molecule has 1 N–H and O–H groups in total. The number of nitrogens with zero attached hydrogens (tertiary/aromatic N) is 3. The molecule has 3 rings (SSSR count). The SMILES string of the molecule is CCn1c(=O)[nH]c2c(ncn2Cc2cccc(OC)c2)c1=O. The van der Waals surface area contributed by atoms with Crippen molar-refractivity contribution in [2.24, 2.45) is 0 Å². The number of hydrogen-bond donors (Lipinski definition) is 1. The second-order valence-electron chi connectivity index (χ2n) is 4.90. The molecule has 0 aliphatic rings. The van der Waals surface area contributed by atoms with Crippen molar-refractivity contribution in [2.45, 2.75) is 20.0 Å². The number of aromatic amines is 1. The van der Waals surface area contributed by atoms with E-state index < -0.39 is 5.69 Å². The van der Waals surface area contributed by atoms with Crippen molar-refractivity contribution in [1.29, 1.82) is 0 Å². The van der Waals surface area contributed by atoms with E-state index in [0.717, 1.165) is 15.9 Å². The predicted molar refractivity (Wildman–Crippen MR) is 82.4 cm³/mol. The summed E-state index contributed by atoms with van der Waals surface area (Å²) < 4.78 is 8.07. The quantitative estimate of drug-likeness (QED) is 0.778. The lowest BCUT2D eigenvalue weighted by Crippen LogP contribution is -2.34. The minimum absolute atomic E-state index is 0.268. The average Bonchev–Trinajstić information content (AvgIpc) is 2.91. The lowest BCUT2D eigenvalue weighted by Gasteiger charge is -2.07. The van der Waals surface area contributed by atoms with Crippen LogP contribution in [0.15, 0.2) is 40.2 Å². The lowest BCUT2D eigenvalue weighted by molar-refractivity contribution is 0.414. The molecular weight excluding hydrogens is 284 g/mol. The van der Waals surface area contributed by atoms with Crippen LogP contribution in [0.3, 0.4) is 0 Å². The molecule has 0 radical (unpaired) electrons. The Morgan fingerprint density at radius 2 is 2.14 bits per heavy atom. The van der Waals surface area contributed by atoms with Gasteiger partial charge in [0.2, 0.25) is 0 Å². The maximum atomic E-state index is 12.2. The summed E-state index contributed by atoms with van der Waals surface area (Å²) >= 11 is 0. The van der Waals surface area contributed by atoms with E-state index in [0.29, 0.717) is 18.7 Å². The third-order valence-electron chi connectivity index (χ3n) is 3.56. The molecule has 3 aromatic rings. The molecule has 0 bridgehead atoms. The van der Waals surface area contributed by atoms with Crippen LogP contribution in [0.5, 0.6) is 5.75 Å². The van der Waals surface area contributed by atoms with E-state index in [1.54, 1.807) is 24.9 Å². The Hall–Kier alpha value is -2.83. The van der Waals surface area contributed by atoms with E-state index in [1.807, 2.05) is 24.3 Å². The summed E-state index contributed by atoms with van der Waals surface area (Å²) in [6.45, 7) is 2.54. The van der Waals surface area contributed by atoms with Gasteiger partial charge in [-0.3, -0.25) is 14.3 Å². The Morgan fingerprint density at radius 1 is 1.32 bits per heavy atom. The van der Waals surface area contributed by atoms with Crippen LogP contribution in [-0.2, 0) is 13.1 Å². The molecule has 0 fully saturated rings. The molecule has 0 atom stereocenters. The van der Waals surface area contributed by atoms with Crippen LogP contribution in [0.1, 0.15) is 12.5 Å². The summed E-state index contributed by atoms with van der Waals surface area (Å²) in [5.74, 6) is 0.753. The Balaban J connectivity index is 2.09. The molecule has 7 heteroatoms. The molecule has 2 heterocycles. The van der Waals surface area contributed by atoms with E-state index >= 15 is 0 Å². The molecular formula is C15H16N4O3. The number of methoxy groups -OCH3 is 1. The van der Waals surface area contributed by atoms with Crippen LogP contribution < -0.4 is 16.0 Å². The zero-order chi connectivity index (χ0) is 15.7. The third-order valence-corrected chi connectivity index (χ3v) is 3.56. The van der Waals surface area contributed by atoms with Gasteiger partial charge < -0.3 is 9.30 Å². The van der Waals surface area contributed by atoms with Crippen molar-refractivity contribution in [3.8, 4) is 5.75 Å². The molecule has 0 aliphatic carbocycles. The average molecular weight is 300 g/mol. The molecule has 1 aromatic carbocycles. The van der Waals surface area contributed by atoms with Crippen LogP contribution in [-0.4, -0.2) is 26.2 Å². The Morgan fingerprint density at radius 3 is 2.86 bits per heavy atom. The lowest BCUT2D eigenvalue weighted by atomic mass is 10.2. The highest BCUT2D eigenvalue weighted by molar-refractivity contribution is 5.69. The van der Waals surface area contributed by atoms with Gasteiger partial charge in [0, 0.05) is 6.54 Å². The Bertz CT molecular complexity index is 936. The topological polar surface area (TPSA) is 81.9 Å². The number of nitrogens with one attached hydrogen (secondary N) is 1. The molecule has 0 spiro atoms. The van der Waals surface area contributed by atoms with E-state index in [9.17, 15) is 9.59 Å². The normalized spacial score (nSPS) is 11.0. The number of H-pyrrole nitrogens is 1. The molecule has 22 heavy (non-hydrogen) atoms. The number of rotatable bonds is 4. The smallest absolute Gasteiger partial charge is 0.330 e. The van der Waals surface area contributed by atoms with Crippen molar-refractivity contribution < 1.29 is 4.74 Å². The maximum absolute atomic E-state index is 12.2. The number of benzene rings is 1. The summed E-state index contributed by atoms with van der Waals surface area (Å²) in [6, 6.07) is 7.59. The van der Waals surface area contributed by atoms with E-state index in [4.69, 9.17) is 4.74 Å². The second kappa shape index (κ2) is 5.51. The monoisotopic (exact) mass is 300 g/mol. The van der Waals surface area contributed by atoms with E-state index in [2.05, 4.69) is 9.97 Å². The Kier molecular flexibility index (Phi) is 3.54. The van der Waals surface area contributed by atoms with Gasteiger partial charge in [-0.05, 0) is 24.6 Å². The fraction of sp³-hybridized carbons (Fsp3) is 0.267. The number of fused-ring (bicyclic) bond motifs is 1. The second-order valence-corrected chi connectivity index (χ2v) is 4.90. The summed E-state index contributed by atoms with van der Waals surface area (Å²) in [7, 11) is 1.61. The van der Waals surface area contributed by atoms with Crippen LogP contribution >= 0.6 is 0 Å². The largest absolute Gasteiger partial charge is 0.497 e. The van der Waals surface area contributed by atoms with E-state index in [1.165, 1.54) is 0 Å². The highest BCUT2D eigenvalue weighted by atomic mass is 16.5. The van der Waals surface area contributed by atoms with Gasteiger partial charge in [-0.1, -0.05) is 12.1 Å². The highest BCUT2D eigenvalue weighted by Crippen LogP contribution is 2.15. The molecule has 2 aromatic heterocycles. The van der Waals surface area contributed by atoms with Crippen molar-refractivity contribution >= 4 is 11.2 Å². The number of ether oxygens (including phenoxy) is 1. The summed E-state index contributed by atoms with van der Waals surface area (Å²) in [4.78, 5) is 31.0. The first-order valence-corrected chi connectivity index (χ1v) is 6.95. The molecule has 114 valence electrons. The van der Waals surface area contributed by atoms with Gasteiger partial charge in [-0.25, -0.2) is 9.78 Å². The van der Waals surface area contributed by atoms with Crippen molar-refractivity contribution in [3.63, 3.8) is 0 Å². The third kappa shape index (κ3) is 2.30. The zero-order valence-corrected chi connectivity index (χ0v) is 12.4. The Labute approximate surface area is 125 Å². The van der Waals surface area contributed by atoms with Gasteiger partial charge in [0.05, 0.1) is 20.0 Å². The number of aromatic nitrogens is 4.